The average Bonchev–Trinajstić information content (AvgIpc) is 3.32. The molecule has 0 aliphatic carbocycles. The fraction of sp³-hybridized carbons (Fsp3) is 0.185. The van der Waals surface area contributed by atoms with E-state index in [0.29, 0.717) is 42.0 Å². The van der Waals surface area contributed by atoms with Crippen LogP contribution in [0.25, 0.3) is 6.08 Å². The van der Waals surface area contributed by atoms with Gasteiger partial charge >= 0.3 is 0 Å². The van der Waals surface area contributed by atoms with Crippen molar-refractivity contribution in [2.24, 2.45) is 4.99 Å². The fourth-order valence-electron chi connectivity index (χ4n) is 4.17. The minimum atomic E-state index is -0.441. The first-order valence-corrected chi connectivity index (χ1v) is 12.9. The highest BCUT2D eigenvalue weighted by molar-refractivity contribution is 8.18. The predicted octanol–water partition coefficient (Wildman–Crippen LogP) is 4.87. The van der Waals surface area contributed by atoms with Gasteiger partial charge in [0.15, 0.2) is 5.17 Å². The van der Waals surface area contributed by atoms with Crippen molar-refractivity contribution in [2.45, 2.75) is 6.61 Å². The van der Waals surface area contributed by atoms with E-state index in [1.165, 1.54) is 36.0 Å². The second kappa shape index (κ2) is 11.4. The van der Waals surface area contributed by atoms with Crippen molar-refractivity contribution in [2.75, 3.05) is 31.1 Å². The van der Waals surface area contributed by atoms with Crippen LogP contribution in [0.5, 0.6) is 5.75 Å². The van der Waals surface area contributed by atoms with Crippen molar-refractivity contribution < 1.29 is 19.4 Å². The Hall–Kier alpha value is -4.71. The summed E-state index contributed by atoms with van der Waals surface area (Å²) < 4.78 is 5.77. The van der Waals surface area contributed by atoms with E-state index in [9.17, 15) is 25.0 Å². The van der Waals surface area contributed by atoms with Gasteiger partial charge in [-0.2, -0.15) is 4.99 Å². The van der Waals surface area contributed by atoms with Gasteiger partial charge in [0, 0.05) is 56.1 Å². The number of hydrogen-bond acceptors (Lipinski definition) is 9. The average molecular weight is 546 g/mol. The number of rotatable bonds is 7. The van der Waals surface area contributed by atoms with Crippen LogP contribution in [-0.2, 0) is 11.4 Å². The number of nitro benzene ring substituents is 2. The third-order valence-corrected chi connectivity index (χ3v) is 7.36. The number of carbonyl (C=O) groups excluding carboxylic acids is 1. The Morgan fingerprint density at radius 3 is 1.97 bits per heavy atom. The molecule has 3 aromatic carbocycles. The molecule has 0 N–H and O–H groups in total. The molecule has 1 fully saturated rings. The molecule has 3 aromatic rings. The number of carbonyl (C=O) groups is 1. The zero-order valence-corrected chi connectivity index (χ0v) is 21.5. The highest BCUT2D eigenvalue weighted by Crippen LogP contribution is 2.31. The third-order valence-electron chi connectivity index (χ3n) is 6.32. The minimum absolute atomic E-state index is 0.0344. The summed E-state index contributed by atoms with van der Waals surface area (Å²) in [6.45, 7) is 3.08. The Morgan fingerprint density at radius 1 is 0.821 bits per heavy atom. The van der Waals surface area contributed by atoms with Crippen LogP contribution in [0.4, 0.5) is 17.1 Å². The molecule has 0 saturated carbocycles. The molecule has 0 atom stereocenters. The maximum atomic E-state index is 12.6. The maximum Gasteiger partial charge on any atom is 0.286 e. The van der Waals surface area contributed by atoms with E-state index in [1.54, 1.807) is 42.5 Å². The molecular formula is C27H23N5O6S. The van der Waals surface area contributed by atoms with Crippen molar-refractivity contribution in [3.05, 3.63) is 109 Å². The first-order chi connectivity index (χ1) is 18.9. The van der Waals surface area contributed by atoms with Gasteiger partial charge < -0.3 is 14.5 Å². The van der Waals surface area contributed by atoms with Gasteiger partial charge in [-0.3, -0.25) is 25.0 Å². The summed E-state index contributed by atoms with van der Waals surface area (Å²) in [5.74, 6) is 0.370. The molecule has 2 aliphatic heterocycles. The van der Waals surface area contributed by atoms with Crippen LogP contribution in [0, 0.1) is 20.2 Å². The smallest absolute Gasteiger partial charge is 0.286 e. The van der Waals surface area contributed by atoms with Gasteiger partial charge in [0.1, 0.15) is 12.4 Å². The number of aliphatic imine (C=N–C) groups is 1. The first-order valence-electron chi connectivity index (χ1n) is 12.1. The van der Waals surface area contributed by atoms with Crippen LogP contribution in [0.15, 0.2) is 82.7 Å². The van der Waals surface area contributed by atoms with E-state index < -0.39 is 9.85 Å². The SMILES string of the molecule is O=C1N=C(N2CCN(c3ccc([N+](=O)[O-])cc3)CC2)S/C1=C\c1ccc(OCc2ccc([N+](=O)[O-])cc2)cc1. The molecule has 39 heavy (non-hydrogen) atoms. The van der Waals surface area contributed by atoms with Crippen molar-refractivity contribution in [3.8, 4) is 5.75 Å². The Kier molecular flexibility index (Phi) is 7.55. The van der Waals surface area contributed by atoms with Crippen molar-refractivity contribution >= 4 is 46.0 Å². The number of amidine groups is 1. The van der Waals surface area contributed by atoms with Crippen LogP contribution >= 0.6 is 11.8 Å². The van der Waals surface area contributed by atoms with Gasteiger partial charge in [0.05, 0.1) is 14.8 Å². The summed E-state index contributed by atoms with van der Waals surface area (Å²) in [6.07, 6.45) is 1.80. The molecule has 12 heteroatoms. The van der Waals surface area contributed by atoms with Gasteiger partial charge in [-0.1, -0.05) is 12.1 Å². The molecule has 2 aliphatic rings. The summed E-state index contributed by atoms with van der Waals surface area (Å²) in [5, 5.41) is 22.3. The Bertz CT molecular complexity index is 1450. The van der Waals surface area contributed by atoms with Gasteiger partial charge in [-0.05, 0) is 65.4 Å². The number of non-ortho nitro benzene ring substituents is 2. The normalized spacial score (nSPS) is 16.4. The van der Waals surface area contributed by atoms with E-state index in [1.807, 2.05) is 12.1 Å². The quantitative estimate of drug-likeness (QED) is 0.232. The lowest BCUT2D eigenvalue weighted by atomic mass is 10.2. The second-order valence-electron chi connectivity index (χ2n) is 8.84. The number of nitro groups is 2. The molecule has 0 radical (unpaired) electrons. The van der Waals surface area contributed by atoms with Crippen LogP contribution in [-0.4, -0.2) is 52.0 Å². The highest BCUT2D eigenvalue weighted by atomic mass is 32.2. The van der Waals surface area contributed by atoms with E-state index in [-0.39, 0.29) is 23.9 Å². The molecule has 1 amide bonds. The summed E-state index contributed by atoms with van der Waals surface area (Å²) >= 11 is 1.35. The first kappa shape index (κ1) is 25.9. The second-order valence-corrected chi connectivity index (χ2v) is 9.85. The van der Waals surface area contributed by atoms with E-state index >= 15 is 0 Å². The lowest BCUT2D eigenvalue weighted by Crippen LogP contribution is -2.47. The number of benzene rings is 3. The zero-order chi connectivity index (χ0) is 27.4. The van der Waals surface area contributed by atoms with Crippen LogP contribution in [0.1, 0.15) is 11.1 Å². The minimum Gasteiger partial charge on any atom is -0.489 e. The van der Waals surface area contributed by atoms with Gasteiger partial charge in [-0.25, -0.2) is 0 Å². The number of piperazine rings is 1. The Morgan fingerprint density at radius 2 is 1.38 bits per heavy atom. The Balaban J connectivity index is 1.13. The number of ether oxygens (including phenoxy) is 1. The largest absolute Gasteiger partial charge is 0.489 e. The molecule has 0 bridgehead atoms. The van der Waals surface area contributed by atoms with Gasteiger partial charge in [-0.15, -0.1) is 0 Å². The highest BCUT2D eigenvalue weighted by Gasteiger charge is 2.28. The lowest BCUT2D eigenvalue weighted by Gasteiger charge is -2.36. The third kappa shape index (κ3) is 6.24. The molecule has 198 valence electrons. The van der Waals surface area contributed by atoms with Crippen molar-refractivity contribution in [1.82, 2.24) is 4.90 Å². The van der Waals surface area contributed by atoms with Crippen LogP contribution < -0.4 is 9.64 Å². The van der Waals surface area contributed by atoms with Crippen LogP contribution in [0.2, 0.25) is 0 Å². The molecular weight excluding hydrogens is 522 g/mol. The molecule has 0 spiro atoms. The molecule has 0 aromatic heterocycles. The number of thioether (sulfide) groups is 1. The molecule has 1 saturated heterocycles. The van der Waals surface area contributed by atoms with E-state index in [0.717, 1.165) is 16.8 Å². The molecule has 0 unspecified atom stereocenters. The Labute approximate surface area is 227 Å². The van der Waals surface area contributed by atoms with Gasteiger partial charge in [0.2, 0.25) is 0 Å². The molecule has 5 rings (SSSR count). The number of hydrogen-bond donors (Lipinski definition) is 0. The number of amides is 1. The lowest BCUT2D eigenvalue weighted by molar-refractivity contribution is -0.385. The van der Waals surface area contributed by atoms with E-state index in [4.69, 9.17) is 4.74 Å². The standard InChI is InChI=1S/C27H23N5O6S/c33-26-25(17-19-3-11-24(12-4-19)38-18-20-1-5-22(6-2-20)31(34)35)39-27(28-26)30-15-13-29(14-16-30)21-7-9-23(10-8-21)32(36)37/h1-12,17H,13-16,18H2/b25-17-. The summed E-state index contributed by atoms with van der Waals surface area (Å²) in [4.78, 5) is 42.4. The molecule has 2 heterocycles. The van der Waals surface area contributed by atoms with Crippen molar-refractivity contribution in [3.63, 3.8) is 0 Å². The topological polar surface area (TPSA) is 131 Å². The number of anilines is 1. The van der Waals surface area contributed by atoms with Crippen molar-refractivity contribution in [1.29, 1.82) is 0 Å². The summed E-state index contributed by atoms with van der Waals surface area (Å²) in [6, 6.07) is 20.1. The van der Waals surface area contributed by atoms with Gasteiger partial charge in [0.25, 0.3) is 17.3 Å². The van der Waals surface area contributed by atoms with Crippen LogP contribution in [0.3, 0.4) is 0 Å². The zero-order valence-electron chi connectivity index (χ0n) is 20.6. The van der Waals surface area contributed by atoms with E-state index in [2.05, 4.69) is 14.8 Å². The number of nitrogens with zero attached hydrogens (tertiary/aromatic N) is 5. The summed E-state index contributed by atoms with van der Waals surface area (Å²) in [5.41, 5.74) is 2.69. The monoisotopic (exact) mass is 545 g/mol. The predicted molar refractivity (Wildman–Crippen MR) is 149 cm³/mol. The maximum absolute atomic E-state index is 12.6. The molecule has 11 nitrogen and oxygen atoms in total. The fourth-order valence-corrected chi connectivity index (χ4v) is 5.13. The summed E-state index contributed by atoms with van der Waals surface area (Å²) in [7, 11) is 0.